The molecule has 0 amide bonds. The van der Waals surface area contributed by atoms with Crippen LogP contribution in [0.15, 0.2) is 24.4 Å². The van der Waals surface area contributed by atoms with Crippen molar-refractivity contribution in [3.05, 3.63) is 41.2 Å². The number of hydrogen-bond donors (Lipinski definition) is 1. The molecule has 0 saturated heterocycles. The van der Waals surface area contributed by atoms with Crippen LogP contribution in [0.3, 0.4) is 0 Å². The first-order chi connectivity index (χ1) is 9.08. The van der Waals surface area contributed by atoms with Crippen LogP contribution in [0, 0.1) is 6.92 Å². The minimum atomic E-state index is -0.785. The maximum Gasteiger partial charge on any atom is 0.162 e. The van der Waals surface area contributed by atoms with Gasteiger partial charge in [-0.2, -0.15) is 5.10 Å². The van der Waals surface area contributed by atoms with Crippen molar-refractivity contribution in [2.24, 2.45) is 7.05 Å². The second-order valence-electron chi connectivity index (χ2n) is 4.35. The fourth-order valence-corrected chi connectivity index (χ4v) is 2.13. The Balaban J connectivity index is 2.41. The van der Waals surface area contributed by atoms with Gasteiger partial charge >= 0.3 is 0 Å². The van der Waals surface area contributed by atoms with E-state index < -0.39 is 6.10 Å². The van der Waals surface area contributed by atoms with Crippen molar-refractivity contribution < 1.29 is 14.6 Å². The molecule has 5 heteroatoms. The molecule has 1 aromatic heterocycles. The van der Waals surface area contributed by atoms with E-state index in [1.54, 1.807) is 32.1 Å². The van der Waals surface area contributed by atoms with E-state index in [9.17, 15) is 5.11 Å². The summed E-state index contributed by atoms with van der Waals surface area (Å²) >= 11 is 0. The van der Waals surface area contributed by atoms with Gasteiger partial charge in [0, 0.05) is 7.05 Å². The summed E-state index contributed by atoms with van der Waals surface area (Å²) in [7, 11) is 4.96. The number of hydrogen-bond acceptors (Lipinski definition) is 4. The number of aryl methyl sites for hydroxylation is 2. The highest BCUT2D eigenvalue weighted by Gasteiger charge is 2.20. The molecule has 2 aromatic rings. The summed E-state index contributed by atoms with van der Waals surface area (Å²) in [6.07, 6.45) is 0.807. The zero-order valence-corrected chi connectivity index (χ0v) is 11.5. The summed E-state index contributed by atoms with van der Waals surface area (Å²) < 4.78 is 12.0. The lowest BCUT2D eigenvalue weighted by Gasteiger charge is -2.15. The predicted octanol–water partition coefficient (Wildman–Crippen LogP) is 1.83. The lowest BCUT2D eigenvalue weighted by Crippen LogP contribution is -2.08. The molecule has 1 unspecified atom stereocenters. The highest BCUT2D eigenvalue weighted by atomic mass is 16.5. The van der Waals surface area contributed by atoms with Crippen LogP contribution in [0.25, 0.3) is 0 Å². The molecule has 0 aliphatic carbocycles. The number of nitrogens with zero attached hydrogens (tertiary/aromatic N) is 2. The van der Waals surface area contributed by atoms with Gasteiger partial charge in [-0.15, -0.1) is 0 Å². The van der Waals surface area contributed by atoms with Crippen LogP contribution in [0.1, 0.15) is 22.9 Å². The lowest BCUT2D eigenvalue weighted by atomic mass is 10.0. The molecule has 2 rings (SSSR count). The first-order valence-electron chi connectivity index (χ1n) is 5.97. The van der Waals surface area contributed by atoms with Crippen molar-refractivity contribution in [2.75, 3.05) is 14.2 Å². The zero-order valence-electron chi connectivity index (χ0n) is 11.5. The quantitative estimate of drug-likeness (QED) is 0.913. The Labute approximate surface area is 112 Å². The van der Waals surface area contributed by atoms with Gasteiger partial charge in [0.2, 0.25) is 0 Å². The van der Waals surface area contributed by atoms with Crippen molar-refractivity contribution in [3.63, 3.8) is 0 Å². The van der Waals surface area contributed by atoms with Crippen LogP contribution in [0.2, 0.25) is 0 Å². The Morgan fingerprint density at radius 2 is 1.89 bits per heavy atom. The largest absolute Gasteiger partial charge is 0.496 e. The first-order valence-corrected chi connectivity index (χ1v) is 5.97. The summed E-state index contributed by atoms with van der Waals surface area (Å²) in [5.74, 6) is 1.37. The van der Waals surface area contributed by atoms with Crippen LogP contribution in [0.5, 0.6) is 11.5 Å². The highest BCUT2D eigenvalue weighted by molar-refractivity contribution is 5.41. The normalized spacial score (nSPS) is 12.3. The summed E-state index contributed by atoms with van der Waals surface area (Å²) in [6.45, 7) is 1.94. The van der Waals surface area contributed by atoms with Gasteiger partial charge in [-0.1, -0.05) is 6.07 Å². The fourth-order valence-electron chi connectivity index (χ4n) is 2.13. The Morgan fingerprint density at radius 1 is 1.21 bits per heavy atom. The molecule has 0 saturated carbocycles. The van der Waals surface area contributed by atoms with Gasteiger partial charge in [-0.3, -0.25) is 4.68 Å². The topological polar surface area (TPSA) is 56.5 Å². The van der Waals surface area contributed by atoms with Crippen LogP contribution in [0.4, 0.5) is 0 Å². The van der Waals surface area contributed by atoms with E-state index in [-0.39, 0.29) is 0 Å². The number of benzene rings is 1. The number of aromatic nitrogens is 2. The molecule has 1 atom stereocenters. The lowest BCUT2D eigenvalue weighted by molar-refractivity contribution is 0.204. The van der Waals surface area contributed by atoms with Crippen molar-refractivity contribution in [1.29, 1.82) is 0 Å². The molecular weight excluding hydrogens is 244 g/mol. The Hall–Kier alpha value is -2.01. The summed E-state index contributed by atoms with van der Waals surface area (Å²) in [5.41, 5.74) is 2.38. The Morgan fingerprint density at radius 3 is 2.47 bits per heavy atom. The molecule has 102 valence electrons. The summed E-state index contributed by atoms with van der Waals surface area (Å²) in [5, 5.41) is 14.6. The first kappa shape index (κ1) is 13.4. The highest BCUT2D eigenvalue weighted by Crippen LogP contribution is 2.31. The van der Waals surface area contributed by atoms with E-state index in [0.717, 1.165) is 16.9 Å². The minimum absolute atomic E-state index is 0.573. The van der Waals surface area contributed by atoms with E-state index in [1.165, 1.54) is 0 Å². The van der Waals surface area contributed by atoms with E-state index in [1.807, 2.05) is 25.1 Å². The maximum atomic E-state index is 10.5. The standard InChI is InChI=1S/C14H18N2O3/c1-9-7-10(5-6-11(9)18-3)14(17)13-12(19-4)8-15-16(13)2/h5-8,14,17H,1-4H3. The van der Waals surface area contributed by atoms with Crippen molar-refractivity contribution in [1.82, 2.24) is 9.78 Å². The third-order valence-corrected chi connectivity index (χ3v) is 3.16. The molecule has 19 heavy (non-hydrogen) atoms. The molecule has 0 aliphatic heterocycles. The van der Waals surface area contributed by atoms with E-state index >= 15 is 0 Å². The van der Waals surface area contributed by atoms with Gasteiger partial charge in [-0.05, 0) is 30.2 Å². The fraction of sp³-hybridized carbons (Fsp3) is 0.357. The smallest absolute Gasteiger partial charge is 0.162 e. The van der Waals surface area contributed by atoms with Crippen LogP contribution in [-0.4, -0.2) is 29.1 Å². The van der Waals surface area contributed by atoms with Crippen molar-refractivity contribution in [3.8, 4) is 11.5 Å². The third-order valence-electron chi connectivity index (χ3n) is 3.16. The molecule has 0 bridgehead atoms. The molecule has 0 fully saturated rings. The SMILES string of the molecule is COc1ccc(C(O)c2c(OC)cnn2C)cc1C. The molecule has 1 N–H and O–H groups in total. The maximum absolute atomic E-state index is 10.5. The van der Waals surface area contributed by atoms with Crippen molar-refractivity contribution in [2.45, 2.75) is 13.0 Å². The van der Waals surface area contributed by atoms with Gasteiger partial charge in [0.15, 0.2) is 5.75 Å². The Kier molecular flexibility index (Phi) is 3.76. The predicted molar refractivity (Wildman–Crippen MR) is 71.6 cm³/mol. The van der Waals surface area contributed by atoms with Gasteiger partial charge < -0.3 is 14.6 Å². The summed E-state index contributed by atoms with van der Waals surface area (Å²) in [4.78, 5) is 0. The van der Waals surface area contributed by atoms with E-state index in [2.05, 4.69) is 5.10 Å². The number of aliphatic hydroxyl groups excluding tert-OH is 1. The monoisotopic (exact) mass is 262 g/mol. The molecule has 5 nitrogen and oxygen atoms in total. The molecule has 0 spiro atoms. The number of rotatable bonds is 4. The second kappa shape index (κ2) is 5.32. The molecule has 1 heterocycles. The molecule has 0 aliphatic rings. The number of methoxy groups -OCH3 is 2. The minimum Gasteiger partial charge on any atom is -0.496 e. The summed E-state index contributed by atoms with van der Waals surface area (Å²) in [6, 6.07) is 5.58. The zero-order chi connectivity index (χ0) is 14.0. The van der Waals surface area contributed by atoms with Gasteiger partial charge in [0.1, 0.15) is 17.5 Å². The van der Waals surface area contributed by atoms with Gasteiger partial charge in [0.25, 0.3) is 0 Å². The molecule has 0 radical (unpaired) electrons. The number of aliphatic hydroxyl groups is 1. The van der Waals surface area contributed by atoms with Gasteiger partial charge in [-0.25, -0.2) is 0 Å². The van der Waals surface area contributed by atoms with E-state index in [4.69, 9.17) is 9.47 Å². The van der Waals surface area contributed by atoms with Gasteiger partial charge in [0.05, 0.1) is 20.4 Å². The van der Waals surface area contributed by atoms with E-state index in [0.29, 0.717) is 11.4 Å². The van der Waals surface area contributed by atoms with Crippen LogP contribution in [-0.2, 0) is 7.05 Å². The molecular formula is C14H18N2O3. The molecule has 1 aromatic carbocycles. The van der Waals surface area contributed by atoms with Crippen molar-refractivity contribution >= 4 is 0 Å². The second-order valence-corrected chi connectivity index (χ2v) is 4.35. The average Bonchev–Trinajstić information content (AvgIpc) is 2.78. The van der Waals surface area contributed by atoms with Crippen LogP contribution >= 0.6 is 0 Å². The third kappa shape index (κ3) is 2.42. The Bertz CT molecular complexity index is 578. The average molecular weight is 262 g/mol. The van der Waals surface area contributed by atoms with Crippen LogP contribution < -0.4 is 9.47 Å². The number of ether oxygens (including phenoxy) is 2.